The second kappa shape index (κ2) is 9.22. The molecule has 0 aliphatic heterocycles. The lowest BCUT2D eigenvalue weighted by Gasteiger charge is -2.12. The van der Waals surface area contributed by atoms with Crippen LogP contribution in [0, 0.1) is 0 Å². The molecule has 3 heterocycles. The number of fused-ring (bicyclic) bond motifs is 10. The molecule has 0 aliphatic carbocycles. The summed E-state index contributed by atoms with van der Waals surface area (Å²) in [7, 11) is 0. The quantitative estimate of drug-likeness (QED) is 0.206. The van der Waals surface area contributed by atoms with E-state index in [9.17, 15) is 0 Å². The van der Waals surface area contributed by atoms with Gasteiger partial charge in [-0.25, -0.2) is 0 Å². The Hall–Kier alpha value is -6.06. The molecule has 0 radical (unpaired) electrons. The molecule has 0 N–H and O–H groups in total. The van der Waals surface area contributed by atoms with Crippen molar-refractivity contribution >= 4 is 65.6 Å². The lowest BCUT2D eigenvalue weighted by Crippen LogP contribution is -1.96. The van der Waals surface area contributed by atoms with Gasteiger partial charge in [-0.2, -0.15) is 0 Å². The van der Waals surface area contributed by atoms with E-state index >= 15 is 0 Å². The van der Waals surface area contributed by atoms with Gasteiger partial charge in [-0.3, -0.25) is 0 Å². The fourth-order valence-corrected chi connectivity index (χ4v) is 7.35. The molecule has 0 amide bonds. The third-order valence-electron chi connectivity index (χ3n) is 9.29. The molecule has 0 unspecified atom stereocenters. The van der Waals surface area contributed by atoms with Crippen molar-refractivity contribution in [1.82, 2.24) is 9.13 Å². The normalized spacial score (nSPS) is 12.0. The van der Waals surface area contributed by atoms with Gasteiger partial charge in [0, 0.05) is 38.3 Å². The molecule has 0 saturated heterocycles. The van der Waals surface area contributed by atoms with Crippen LogP contribution in [0.4, 0.5) is 0 Å². The Morgan fingerprint density at radius 3 is 1.89 bits per heavy atom. The largest absolute Gasteiger partial charge is 0.456 e. The third-order valence-corrected chi connectivity index (χ3v) is 9.29. The molecule has 0 fully saturated rings. The van der Waals surface area contributed by atoms with Gasteiger partial charge in [0.05, 0.1) is 27.5 Å². The zero-order chi connectivity index (χ0) is 29.5. The SMILES string of the molecule is c1ccc(-c2cccc(-n3c4cc5c(cc4c4ccc6oc7ccccc7c6c43)c3ccccc3n5-c3ccccc3)c2)cc1. The van der Waals surface area contributed by atoms with E-state index in [4.69, 9.17) is 4.42 Å². The number of benzene rings is 7. The van der Waals surface area contributed by atoms with Crippen LogP contribution in [0.25, 0.3) is 88.1 Å². The highest BCUT2D eigenvalue weighted by molar-refractivity contribution is 6.27. The Kier molecular flexibility index (Phi) is 5.00. The molecule has 10 rings (SSSR count). The molecule has 0 spiro atoms. The first-order valence-corrected chi connectivity index (χ1v) is 15.4. The van der Waals surface area contributed by atoms with Gasteiger partial charge >= 0.3 is 0 Å². The van der Waals surface area contributed by atoms with Crippen molar-refractivity contribution in [3.05, 3.63) is 158 Å². The molecule has 0 bridgehead atoms. The summed E-state index contributed by atoms with van der Waals surface area (Å²) in [4.78, 5) is 0. The first kappa shape index (κ1) is 24.4. The highest BCUT2D eigenvalue weighted by atomic mass is 16.3. The first-order chi connectivity index (χ1) is 22.3. The monoisotopic (exact) mass is 574 g/mol. The van der Waals surface area contributed by atoms with E-state index in [-0.39, 0.29) is 0 Å². The van der Waals surface area contributed by atoms with Crippen LogP contribution in [0.5, 0.6) is 0 Å². The van der Waals surface area contributed by atoms with Gasteiger partial charge in [0.25, 0.3) is 0 Å². The van der Waals surface area contributed by atoms with E-state index in [1.54, 1.807) is 0 Å². The van der Waals surface area contributed by atoms with Crippen LogP contribution >= 0.6 is 0 Å². The molecule has 210 valence electrons. The van der Waals surface area contributed by atoms with Crippen LogP contribution in [0.3, 0.4) is 0 Å². The van der Waals surface area contributed by atoms with Crippen molar-refractivity contribution < 1.29 is 4.42 Å². The molecule has 0 aliphatic rings. The molecular formula is C42H26N2O. The van der Waals surface area contributed by atoms with Gasteiger partial charge in [0.15, 0.2) is 0 Å². The average Bonchev–Trinajstić information content (AvgIpc) is 3.75. The summed E-state index contributed by atoms with van der Waals surface area (Å²) < 4.78 is 11.3. The third kappa shape index (κ3) is 3.46. The fourth-order valence-electron chi connectivity index (χ4n) is 7.35. The predicted octanol–water partition coefficient (Wildman–Crippen LogP) is 11.4. The van der Waals surface area contributed by atoms with Gasteiger partial charge in [-0.1, -0.05) is 97.1 Å². The maximum absolute atomic E-state index is 6.42. The Morgan fingerprint density at radius 1 is 0.356 bits per heavy atom. The molecule has 45 heavy (non-hydrogen) atoms. The maximum Gasteiger partial charge on any atom is 0.137 e. The Bertz CT molecular complexity index is 2740. The molecule has 3 aromatic heterocycles. The smallest absolute Gasteiger partial charge is 0.137 e. The zero-order valence-electron chi connectivity index (χ0n) is 24.3. The number of aromatic nitrogens is 2. The van der Waals surface area contributed by atoms with Crippen LogP contribution in [0.2, 0.25) is 0 Å². The Morgan fingerprint density at radius 2 is 1.02 bits per heavy atom. The van der Waals surface area contributed by atoms with Crippen molar-refractivity contribution in [2.75, 3.05) is 0 Å². The maximum atomic E-state index is 6.42. The number of hydrogen-bond donors (Lipinski definition) is 0. The standard InChI is InChI=1S/C42H26N2O/c1-3-12-27(13-4-1)28-14-11-17-30(24-28)44-38-26-37-34(31-18-7-9-20-36(31)43(37)29-15-5-2-6-16-29)25-35(38)32-22-23-40-41(42(32)44)33-19-8-10-21-39(33)45-40/h1-26H. The number of furan rings is 1. The summed E-state index contributed by atoms with van der Waals surface area (Å²) in [5, 5.41) is 7.21. The van der Waals surface area contributed by atoms with Crippen LogP contribution in [-0.4, -0.2) is 9.13 Å². The number of rotatable bonds is 3. The fraction of sp³-hybridized carbons (Fsp3) is 0. The van der Waals surface area contributed by atoms with Crippen LogP contribution < -0.4 is 0 Å². The van der Waals surface area contributed by atoms with Gasteiger partial charge in [-0.05, 0) is 71.8 Å². The summed E-state index contributed by atoms with van der Waals surface area (Å²) in [6.45, 7) is 0. The first-order valence-electron chi connectivity index (χ1n) is 15.4. The Balaban J connectivity index is 1.41. The van der Waals surface area contributed by atoms with Gasteiger partial charge in [0.1, 0.15) is 11.2 Å². The van der Waals surface area contributed by atoms with Crippen LogP contribution in [0.1, 0.15) is 0 Å². The van der Waals surface area contributed by atoms with Gasteiger partial charge in [0.2, 0.25) is 0 Å². The van der Waals surface area contributed by atoms with E-state index < -0.39 is 0 Å². The van der Waals surface area contributed by atoms with E-state index in [1.807, 2.05) is 6.07 Å². The minimum Gasteiger partial charge on any atom is -0.456 e. The second-order valence-corrected chi connectivity index (χ2v) is 11.8. The Labute approximate surface area is 258 Å². The molecule has 3 nitrogen and oxygen atoms in total. The average molecular weight is 575 g/mol. The lowest BCUT2D eigenvalue weighted by molar-refractivity contribution is 0.669. The molecule has 7 aromatic carbocycles. The van der Waals surface area contributed by atoms with E-state index in [1.165, 1.54) is 54.7 Å². The molecule has 10 aromatic rings. The minimum absolute atomic E-state index is 0.899. The summed E-state index contributed by atoms with van der Waals surface area (Å²) >= 11 is 0. The van der Waals surface area contributed by atoms with Crippen molar-refractivity contribution in [1.29, 1.82) is 0 Å². The molecule has 0 atom stereocenters. The molecular weight excluding hydrogens is 548 g/mol. The van der Waals surface area contributed by atoms with Crippen molar-refractivity contribution in [2.24, 2.45) is 0 Å². The summed E-state index contributed by atoms with van der Waals surface area (Å²) in [5.74, 6) is 0. The van der Waals surface area contributed by atoms with Crippen LogP contribution in [-0.2, 0) is 0 Å². The summed E-state index contributed by atoms with van der Waals surface area (Å²) in [6, 6.07) is 56.5. The summed E-state index contributed by atoms with van der Waals surface area (Å²) in [5.41, 5.74) is 11.2. The topological polar surface area (TPSA) is 23.0 Å². The van der Waals surface area contributed by atoms with Gasteiger partial charge < -0.3 is 13.6 Å². The zero-order valence-corrected chi connectivity index (χ0v) is 24.3. The van der Waals surface area contributed by atoms with Crippen molar-refractivity contribution in [3.63, 3.8) is 0 Å². The lowest BCUT2D eigenvalue weighted by atomic mass is 10.0. The van der Waals surface area contributed by atoms with Gasteiger partial charge in [-0.15, -0.1) is 0 Å². The predicted molar refractivity (Wildman–Crippen MR) is 188 cm³/mol. The van der Waals surface area contributed by atoms with Crippen molar-refractivity contribution in [2.45, 2.75) is 0 Å². The highest BCUT2D eigenvalue weighted by Gasteiger charge is 2.22. The number of para-hydroxylation sites is 3. The van der Waals surface area contributed by atoms with Crippen LogP contribution in [0.15, 0.2) is 162 Å². The number of nitrogens with zero attached hydrogens (tertiary/aromatic N) is 2. The van der Waals surface area contributed by atoms with E-state index in [0.29, 0.717) is 0 Å². The van der Waals surface area contributed by atoms with E-state index in [0.717, 1.165) is 33.3 Å². The second-order valence-electron chi connectivity index (χ2n) is 11.8. The summed E-state index contributed by atoms with van der Waals surface area (Å²) in [6.07, 6.45) is 0. The molecule has 0 saturated carbocycles. The minimum atomic E-state index is 0.899. The molecule has 3 heteroatoms. The van der Waals surface area contributed by atoms with E-state index in [2.05, 4.69) is 161 Å². The highest BCUT2D eigenvalue weighted by Crippen LogP contribution is 2.44. The number of hydrogen-bond acceptors (Lipinski definition) is 1. The van der Waals surface area contributed by atoms with Crippen molar-refractivity contribution in [3.8, 4) is 22.5 Å².